The Kier molecular flexibility index (Phi) is 1.93. The molecule has 0 radical (unpaired) electrons. The van der Waals surface area contributed by atoms with Gasteiger partial charge in [0.2, 0.25) is 0 Å². The number of alkyl halides is 3. The van der Waals surface area contributed by atoms with Gasteiger partial charge in [0, 0.05) is 17.2 Å². The summed E-state index contributed by atoms with van der Waals surface area (Å²) in [5.41, 5.74) is -0.379. The van der Waals surface area contributed by atoms with Gasteiger partial charge in [-0.25, -0.2) is 4.39 Å². The summed E-state index contributed by atoms with van der Waals surface area (Å²) in [5.74, 6) is 0.165. The predicted octanol–water partition coefficient (Wildman–Crippen LogP) is 3.18. The molecule has 0 amide bonds. The van der Waals surface area contributed by atoms with Crippen LogP contribution < -0.4 is 0 Å². The lowest BCUT2D eigenvalue weighted by molar-refractivity contribution is 0.327. The van der Waals surface area contributed by atoms with Gasteiger partial charge in [-0.3, -0.25) is 0 Å². The van der Waals surface area contributed by atoms with Crippen molar-refractivity contribution in [2.75, 3.05) is 5.88 Å². The molecule has 0 spiro atoms. The van der Waals surface area contributed by atoms with Crippen LogP contribution >= 0.6 is 23.2 Å². The first-order chi connectivity index (χ1) is 4.50. The second-order valence-corrected chi connectivity index (χ2v) is 3.96. The first-order valence-electron chi connectivity index (χ1n) is 3.44. The molecule has 3 atom stereocenters. The zero-order valence-corrected chi connectivity index (χ0v) is 7.64. The van der Waals surface area contributed by atoms with Crippen molar-refractivity contribution in [2.45, 2.75) is 25.4 Å². The van der Waals surface area contributed by atoms with Crippen molar-refractivity contribution in [1.82, 2.24) is 0 Å². The number of hydrogen-bond donors (Lipinski definition) is 0. The topological polar surface area (TPSA) is 0 Å². The monoisotopic (exact) mass is 184 g/mol. The summed E-state index contributed by atoms with van der Waals surface area (Å²) in [4.78, 5) is 0. The smallest absolute Gasteiger partial charge is 0.194 e. The summed E-state index contributed by atoms with van der Waals surface area (Å²) in [6.07, 6.45) is 0.754. The number of halogens is 3. The average Bonchev–Trinajstić information content (AvgIpc) is 2.29. The van der Waals surface area contributed by atoms with Crippen molar-refractivity contribution in [1.29, 1.82) is 0 Å². The maximum absolute atomic E-state index is 13.2. The van der Waals surface area contributed by atoms with E-state index in [1.807, 2.05) is 13.8 Å². The Hall–Kier alpha value is 0.510. The molecule has 0 aliphatic heterocycles. The fraction of sp³-hybridized carbons (Fsp3) is 1.00. The average molecular weight is 185 g/mol. The first-order valence-corrected chi connectivity index (χ1v) is 4.35. The minimum Gasteiger partial charge on any atom is -0.225 e. The quantitative estimate of drug-likeness (QED) is 0.579. The predicted molar refractivity (Wildman–Crippen MR) is 42.3 cm³/mol. The Labute approximate surface area is 70.7 Å². The molecule has 10 heavy (non-hydrogen) atoms. The van der Waals surface area contributed by atoms with Gasteiger partial charge in [0.25, 0.3) is 0 Å². The van der Waals surface area contributed by atoms with E-state index in [2.05, 4.69) is 0 Å². The molecule has 0 aromatic heterocycles. The van der Waals surface area contributed by atoms with Crippen LogP contribution in [0.2, 0.25) is 0 Å². The van der Waals surface area contributed by atoms with Gasteiger partial charge in [-0.1, -0.05) is 25.4 Å². The third kappa shape index (κ3) is 0.799. The van der Waals surface area contributed by atoms with E-state index >= 15 is 0 Å². The van der Waals surface area contributed by atoms with E-state index in [0.717, 1.165) is 6.42 Å². The van der Waals surface area contributed by atoms with E-state index < -0.39 is 5.13 Å². The van der Waals surface area contributed by atoms with Crippen molar-refractivity contribution in [3.8, 4) is 0 Å². The molecule has 0 aromatic carbocycles. The molecule has 2 unspecified atom stereocenters. The van der Waals surface area contributed by atoms with E-state index in [1.54, 1.807) is 0 Å². The van der Waals surface area contributed by atoms with Gasteiger partial charge in [-0.2, -0.15) is 0 Å². The molecule has 0 saturated heterocycles. The van der Waals surface area contributed by atoms with E-state index in [4.69, 9.17) is 23.2 Å². The van der Waals surface area contributed by atoms with Gasteiger partial charge in [-0.05, 0) is 6.42 Å². The summed E-state index contributed by atoms with van der Waals surface area (Å²) in [5, 5.41) is -1.54. The molecule has 60 valence electrons. The van der Waals surface area contributed by atoms with Crippen LogP contribution in [0.4, 0.5) is 4.39 Å². The van der Waals surface area contributed by atoms with Crippen LogP contribution in [0.15, 0.2) is 0 Å². The van der Waals surface area contributed by atoms with Crippen LogP contribution in [0.5, 0.6) is 0 Å². The lowest BCUT2D eigenvalue weighted by Crippen LogP contribution is -2.02. The molecule has 0 bridgehead atoms. The number of rotatable bonds is 2. The molecular weight excluding hydrogens is 174 g/mol. The molecule has 1 aliphatic rings. The van der Waals surface area contributed by atoms with Crippen molar-refractivity contribution in [2.24, 2.45) is 11.3 Å². The third-order valence-corrected chi connectivity index (χ3v) is 3.78. The highest BCUT2D eigenvalue weighted by molar-refractivity contribution is 6.27. The fourth-order valence-electron chi connectivity index (χ4n) is 1.42. The Balaban J connectivity index is 2.68. The van der Waals surface area contributed by atoms with Gasteiger partial charge >= 0.3 is 0 Å². The summed E-state index contributed by atoms with van der Waals surface area (Å²) in [7, 11) is 0. The van der Waals surface area contributed by atoms with E-state index in [9.17, 15) is 4.39 Å². The van der Waals surface area contributed by atoms with E-state index in [1.165, 1.54) is 0 Å². The van der Waals surface area contributed by atoms with Crippen molar-refractivity contribution in [3.05, 3.63) is 0 Å². The molecule has 1 fully saturated rings. The molecule has 0 nitrogen and oxygen atoms in total. The maximum atomic E-state index is 13.2. The highest BCUT2D eigenvalue weighted by atomic mass is 35.5. The van der Waals surface area contributed by atoms with Gasteiger partial charge < -0.3 is 0 Å². The summed E-state index contributed by atoms with van der Waals surface area (Å²) < 4.78 is 13.2. The Morgan fingerprint density at radius 3 is 2.20 bits per heavy atom. The lowest BCUT2D eigenvalue weighted by atomic mass is 10.0. The molecule has 1 saturated carbocycles. The van der Waals surface area contributed by atoms with Gasteiger partial charge in [-0.15, -0.1) is 11.6 Å². The summed E-state index contributed by atoms with van der Waals surface area (Å²) in [6, 6.07) is 0. The zero-order chi connectivity index (χ0) is 7.99. The van der Waals surface area contributed by atoms with E-state index in [0.29, 0.717) is 5.88 Å². The fourth-order valence-corrected chi connectivity index (χ4v) is 2.58. The van der Waals surface area contributed by atoms with Gasteiger partial charge in [0.1, 0.15) is 0 Å². The third-order valence-electron chi connectivity index (χ3n) is 2.77. The summed E-state index contributed by atoms with van der Waals surface area (Å²) in [6.45, 7) is 3.77. The van der Waals surface area contributed by atoms with Crippen LogP contribution in [-0.2, 0) is 0 Å². The molecule has 0 heterocycles. The minimum atomic E-state index is -1.54. The number of hydrogen-bond acceptors (Lipinski definition) is 0. The molecule has 1 aliphatic carbocycles. The Morgan fingerprint density at radius 2 is 2.10 bits per heavy atom. The maximum Gasteiger partial charge on any atom is 0.194 e. The molecule has 3 heteroatoms. The highest BCUT2D eigenvalue weighted by Crippen LogP contribution is 2.69. The van der Waals surface area contributed by atoms with E-state index in [-0.39, 0.29) is 11.3 Å². The zero-order valence-electron chi connectivity index (χ0n) is 6.13. The lowest BCUT2D eigenvalue weighted by Gasteiger charge is -2.04. The van der Waals surface area contributed by atoms with Crippen LogP contribution in [-0.4, -0.2) is 11.0 Å². The van der Waals surface area contributed by atoms with Crippen LogP contribution in [0, 0.1) is 11.3 Å². The minimum absolute atomic E-state index is 0.159. The summed E-state index contributed by atoms with van der Waals surface area (Å²) >= 11 is 11.1. The highest BCUT2D eigenvalue weighted by Gasteiger charge is 2.73. The largest absolute Gasteiger partial charge is 0.225 e. The van der Waals surface area contributed by atoms with Crippen LogP contribution in [0.3, 0.4) is 0 Å². The van der Waals surface area contributed by atoms with Crippen molar-refractivity contribution in [3.63, 3.8) is 0 Å². The Bertz CT molecular complexity index is 147. The van der Waals surface area contributed by atoms with Crippen molar-refractivity contribution < 1.29 is 4.39 Å². The van der Waals surface area contributed by atoms with Crippen LogP contribution in [0.25, 0.3) is 0 Å². The van der Waals surface area contributed by atoms with Crippen molar-refractivity contribution >= 4 is 23.2 Å². The molecule has 0 aromatic rings. The second-order valence-electron chi connectivity index (χ2n) is 3.10. The SMILES string of the molecule is CC[C@]1(C)C(CCl)C1(F)Cl. The molecule has 1 rings (SSSR count). The first kappa shape index (κ1) is 8.61. The van der Waals surface area contributed by atoms with Gasteiger partial charge in [0.15, 0.2) is 5.13 Å². The second kappa shape index (κ2) is 2.25. The van der Waals surface area contributed by atoms with Gasteiger partial charge in [0.05, 0.1) is 0 Å². The Morgan fingerprint density at radius 1 is 1.60 bits per heavy atom. The molecular formula is C7H11Cl2F. The van der Waals surface area contributed by atoms with Crippen LogP contribution in [0.1, 0.15) is 20.3 Å². The molecule has 0 N–H and O–H groups in total. The standard InChI is InChI=1S/C7H11Cl2F/c1-3-6(2)5(4-8)7(6,9)10/h5H,3-4H2,1-2H3/t5?,6-,7?/m1/s1. The normalized spacial score (nSPS) is 53.1.